The Balaban J connectivity index is 1.59. The number of benzene rings is 3. The lowest BCUT2D eigenvalue weighted by Gasteiger charge is -2.13. The van der Waals surface area contributed by atoms with Gasteiger partial charge in [0.15, 0.2) is 11.1 Å². The average Bonchev–Trinajstić information content (AvgIpc) is 3.08. The molecule has 1 aliphatic heterocycles. The van der Waals surface area contributed by atoms with Gasteiger partial charge in [0.2, 0.25) is 5.78 Å². The number of ether oxygens (including phenoxy) is 2. The normalized spacial score (nSPS) is 14.9. The first kappa shape index (κ1) is 19.9. The number of allylic oxidation sites excluding steroid dienone is 1. The van der Waals surface area contributed by atoms with Gasteiger partial charge in [0.05, 0.1) is 5.56 Å². The van der Waals surface area contributed by atoms with E-state index in [1.807, 2.05) is 6.07 Å². The van der Waals surface area contributed by atoms with Crippen LogP contribution in [0.15, 0.2) is 72.5 Å². The average molecular weight is 423 g/mol. The Morgan fingerprint density at radius 3 is 2.50 bits per heavy atom. The first-order valence-electron chi connectivity index (χ1n) is 9.19. The molecule has 150 valence electrons. The van der Waals surface area contributed by atoms with Gasteiger partial charge in [-0.25, -0.2) is 9.18 Å². The molecule has 0 amide bonds. The van der Waals surface area contributed by atoms with Gasteiger partial charge in [-0.15, -0.1) is 11.6 Å². The van der Waals surface area contributed by atoms with Crippen LogP contribution in [0, 0.1) is 12.7 Å². The molecule has 1 atom stereocenters. The van der Waals surface area contributed by atoms with E-state index in [1.165, 1.54) is 24.3 Å². The van der Waals surface area contributed by atoms with E-state index in [1.54, 1.807) is 49.4 Å². The van der Waals surface area contributed by atoms with Gasteiger partial charge < -0.3 is 9.47 Å². The molecule has 0 N–H and O–H groups in total. The summed E-state index contributed by atoms with van der Waals surface area (Å²) in [5, 5.41) is -0.974. The molecule has 4 nitrogen and oxygen atoms in total. The highest BCUT2D eigenvalue weighted by atomic mass is 35.5. The van der Waals surface area contributed by atoms with Crippen molar-refractivity contribution in [1.82, 2.24) is 0 Å². The van der Waals surface area contributed by atoms with Gasteiger partial charge >= 0.3 is 5.97 Å². The monoisotopic (exact) mass is 422 g/mol. The summed E-state index contributed by atoms with van der Waals surface area (Å²) < 4.78 is 25.1. The zero-order valence-electron chi connectivity index (χ0n) is 15.9. The maximum absolute atomic E-state index is 13.9. The summed E-state index contributed by atoms with van der Waals surface area (Å²) in [6.07, 6.45) is 1.35. The van der Waals surface area contributed by atoms with Crippen molar-refractivity contribution >= 4 is 29.4 Å². The fourth-order valence-corrected chi connectivity index (χ4v) is 3.32. The Kier molecular flexibility index (Phi) is 5.38. The maximum atomic E-state index is 13.9. The third kappa shape index (κ3) is 3.72. The third-order valence-corrected chi connectivity index (χ3v) is 5.17. The molecule has 0 bridgehead atoms. The van der Waals surface area contributed by atoms with Crippen LogP contribution in [0.2, 0.25) is 0 Å². The van der Waals surface area contributed by atoms with Gasteiger partial charge in [0.1, 0.15) is 17.3 Å². The van der Waals surface area contributed by atoms with Crippen molar-refractivity contribution in [1.29, 1.82) is 0 Å². The maximum Gasteiger partial charge on any atom is 0.334 e. The SMILES string of the molecule is Cc1c(OC(=O)C(Cl)c2ccccc2)ccc2c1O/C(=C\c1ccccc1F)C2=O. The van der Waals surface area contributed by atoms with Crippen LogP contribution in [0.4, 0.5) is 4.39 Å². The minimum atomic E-state index is -0.974. The molecule has 6 heteroatoms. The lowest BCUT2D eigenvalue weighted by molar-refractivity contribution is -0.134. The molecule has 4 rings (SSSR count). The van der Waals surface area contributed by atoms with E-state index in [-0.39, 0.29) is 28.6 Å². The molecule has 0 aromatic heterocycles. The molecular formula is C24H16ClFO4. The number of alkyl halides is 1. The third-order valence-electron chi connectivity index (χ3n) is 4.74. The number of halogens is 2. The van der Waals surface area contributed by atoms with E-state index in [2.05, 4.69) is 0 Å². The summed E-state index contributed by atoms with van der Waals surface area (Å²) in [6.45, 7) is 1.67. The molecule has 0 saturated carbocycles. The highest BCUT2D eigenvalue weighted by Crippen LogP contribution is 2.40. The van der Waals surface area contributed by atoms with Gasteiger partial charge in [-0.2, -0.15) is 0 Å². The Hall–Kier alpha value is -3.44. The first-order valence-corrected chi connectivity index (χ1v) is 9.62. The van der Waals surface area contributed by atoms with Gasteiger partial charge in [0, 0.05) is 11.1 Å². The summed E-state index contributed by atoms with van der Waals surface area (Å²) in [6, 6.07) is 18.0. The number of fused-ring (bicyclic) bond motifs is 1. The van der Waals surface area contributed by atoms with Crippen molar-refractivity contribution in [2.75, 3.05) is 0 Å². The molecule has 1 aliphatic rings. The van der Waals surface area contributed by atoms with Crippen LogP contribution in [0.1, 0.15) is 32.4 Å². The van der Waals surface area contributed by atoms with Crippen LogP contribution in [0.5, 0.6) is 11.5 Å². The number of esters is 1. The molecule has 3 aromatic rings. The molecule has 0 saturated heterocycles. The zero-order chi connectivity index (χ0) is 21.3. The van der Waals surface area contributed by atoms with Gasteiger partial charge in [-0.3, -0.25) is 4.79 Å². The van der Waals surface area contributed by atoms with E-state index in [9.17, 15) is 14.0 Å². The lowest BCUT2D eigenvalue weighted by Crippen LogP contribution is -2.15. The molecule has 0 spiro atoms. The number of carbonyl (C=O) groups excluding carboxylic acids is 2. The van der Waals surface area contributed by atoms with Crippen LogP contribution in [0.3, 0.4) is 0 Å². The highest BCUT2D eigenvalue weighted by molar-refractivity contribution is 6.30. The van der Waals surface area contributed by atoms with Crippen LogP contribution >= 0.6 is 11.6 Å². The van der Waals surface area contributed by atoms with Crippen LogP contribution in [-0.4, -0.2) is 11.8 Å². The zero-order valence-corrected chi connectivity index (χ0v) is 16.7. The quantitative estimate of drug-likeness (QED) is 0.236. The van der Waals surface area contributed by atoms with Crippen molar-refractivity contribution in [2.45, 2.75) is 12.3 Å². The predicted molar refractivity (Wildman–Crippen MR) is 111 cm³/mol. The number of ketones is 1. The largest absolute Gasteiger partial charge is 0.452 e. The van der Waals surface area contributed by atoms with Crippen molar-refractivity contribution in [3.05, 3.63) is 101 Å². The number of rotatable bonds is 4. The van der Waals surface area contributed by atoms with Crippen molar-refractivity contribution in [3.8, 4) is 11.5 Å². The second-order valence-corrected chi connectivity index (χ2v) is 7.16. The molecule has 3 aromatic carbocycles. The van der Waals surface area contributed by atoms with Crippen molar-refractivity contribution < 1.29 is 23.5 Å². The summed E-state index contributed by atoms with van der Waals surface area (Å²) in [7, 11) is 0. The van der Waals surface area contributed by atoms with Gasteiger partial charge in [-0.1, -0.05) is 48.5 Å². The van der Waals surface area contributed by atoms with E-state index in [4.69, 9.17) is 21.1 Å². The fourth-order valence-electron chi connectivity index (χ4n) is 3.13. The number of hydrogen-bond acceptors (Lipinski definition) is 4. The molecule has 1 unspecified atom stereocenters. The van der Waals surface area contributed by atoms with Crippen LogP contribution < -0.4 is 9.47 Å². The standard InChI is InChI=1S/C24H16ClFO4/c1-14-19(30-24(28)21(25)15-7-3-2-4-8-15)12-11-17-22(27)20(29-23(14)17)13-16-9-5-6-10-18(16)26/h2-13,21H,1H3/b20-13-. The molecule has 30 heavy (non-hydrogen) atoms. The highest BCUT2D eigenvalue weighted by Gasteiger charge is 2.31. The fraction of sp³-hybridized carbons (Fsp3) is 0.0833. The first-order chi connectivity index (χ1) is 14.5. The Bertz CT molecular complexity index is 1170. The summed E-state index contributed by atoms with van der Waals surface area (Å²) in [4.78, 5) is 25.1. The minimum absolute atomic E-state index is 0.00109. The molecular weight excluding hydrogens is 407 g/mol. The molecule has 0 radical (unpaired) electrons. The molecule has 0 aliphatic carbocycles. The van der Waals surface area contributed by atoms with Gasteiger partial charge in [0.25, 0.3) is 0 Å². The molecule has 0 fully saturated rings. The van der Waals surface area contributed by atoms with Crippen LogP contribution in [0.25, 0.3) is 6.08 Å². The number of carbonyl (C=O) groups is 2. The lowest BCUT2D eigenvalue weighted by atomic mass is 10.1. The Morgan fingerprint density at radius 1 is 1.07 bits per heavy atom. The topological polar surface area (TPSA) is 52.6 Å². The number of Topliss-reactive ketones (excluding diaryl/α,β-unsaturated/α-hetero) is 1. The van der Waals surface area contributed by atoms with Gasteiger partial charge in [-0.05, 0) is 36.8 Å². The number of hydrogen-bond donors (Lipinski definition) is 0. The second-order valence-electron chi connectivity index (χ2n) is 6.72. The summed E-state index contributed by atoms with van der Waals surface area (Å²) >= 11 is 6.22. The van der Waals surface area contributed by atoms with E-state index >= 15 is 0 Å². The smallest absolute Gasteiger partial charge is 0.334 e. The summed E-state index contributed by atoms with van der Waals surface area (Å²) in [5.41, 5.74) is 1.65. The van der Waals surface area contributed by atoms with E-state index < -0.39 is 17.2 Å². The predicted octanol–water partition coefficient (Wildman–Crippen LogP) is 5.64. The Labute approximate surface area is 177 Å². The minimum Gasteiger partial charge on any atom is -0.452 e. The van der Waals surface area contributed by atoms with Crippen molar-refractivity contribution in [3.63, 3.8) is 0 Å². The Morgan fingerprint density at radius 2 is 1.77 bits per heavy atom. The molecule has 1 heterocycles. The summed E-state index contributed by atoms with van der Waals surface area (Å²) in [5.74, 6) is -0.955. The van der Waals surface area contributed by atoms with E-state index in [0.29, 0.717) is 16.7 Å². The van der Waals surface area contributed by atoms with Crippen molar-refractivity contribution in [2.24, 2.45) is 0 Å². The van der Waals surface area contributed by atoms with E-state index in [0.717, 1.165) is 0 Å². The second kappa shape index (κ2) is 8.13. The van der Waals surface area contributed by atoms with Crippen LogP contribution in [-0.2, 0) is 4.79 Å².